The Labute approximate surface area is 136 Å². The standard InChI is InChI=1S/C17H14BrClO2/c18-13-3-6-15-11(9-13)7-8-17(15,10-16(20)21)12-1-4-14(19)5-2-12/h1-6,9H,7-8,10H2,(H,20,21)/t17-/m0/s1. The molecule has 0 aromatic heterocycles. The van der Waals surface area contributed by atoms with Gasteiger partial charge in [-0.15, -0.1) is 0 Å². The number of hydrogen-bond acceptors (Lipinski definition) is 1. The Morgan fingerprint density at radius 3 is 2.62 bits per heavy atom. The lowest BCUT2D eigenvalue weighted by atomic mass is 9.73. The lowest BCUT2D eigenvalue weighted by Crippen LogP contribution is -2.28. The lowest BCUT2D eigenvalue weighted by molar-refractivity contribution is -0.138. The van der Waals surface area contributed by atoms with E-state index in [1.165, 1.54) is 5.56 Å². The Hall–Kier alpha value is -1.32. The first-order valence-corrected chi connectivity index (χ1v) is 7.95. The van der Waals surface area contributed by atoms with Crippen molar-refractivity contribution in [2.75, 3.05) is 0 Å². The summed E-state index contributed by atoms with van der Waals surface area (Å²) in [6.45, 7) is 0. The SMILES string of the molecule is O=C(O)C[C@]1(c2ccc(Cl)cc2)CCc2cc(Br)ccc21. The van der Waals surface area contributed by atoms with Gasteiger partial charge in [-0.3, -0.25) is 4.79 Å². The third-order valence-electron chi connectivity index (χ3n) is 4.25. The molecule has 0 amide bonds. The number of benzene rings is 2. The predicted molar refractivity (Wildman–Crippen MR) is 86.9 cm³/mol. The van der Waals surface area contributed by atoms with Crippen molar-refractivity contribution in [1.29, 1.82) is 0 Å². The summed E-state index contributed by atoms with van der Waals surface area (Å²) in [5.74, 6) is -0.777. The first kappa shape index (κ1) is 14.6. The molecule has 0 bridgehead atoms. The molecular formula is C17H14BrClO2. The van der Waals surface area contributed by atoms with Crippen LogP contribution in [0.1, 0.15) is 29.5 Å². The Morgan fingerprint density at radius 2 is 1.95 bits per heavy atom. The summed E-state index contributed by atoms with van der Waals surface area (Å²) in [7, 11) is 0. The van der Waals surface area contributed by atoms with Gasteiger partial charge in [-0.25, -0.2) is 0 Å². The monoisotopic (exact) mass is 364 g/mol. The van der Waals surface area contributed by atoms with E-state index in [4.69, 9.17) is 11.6 Å². The highest BCUT2D eigenvalue weighted by Crippen LogP contribution is 2.47. The van der Waals surface area contributed by atoms with Crippen molar-refractivity contribution in [2.45, 2.75) is 24.7 Å². The van der Waals surface area contributed by atoms with Gasteiger partial charge in [0.2, 0.25) is 0 Å². The van der Waals surface area contributed by atoms with Crippen LogP contribution in [0, 0.1) is 0 Å². The largest absolute Gasteiger partial charge is 0.481 e. The molecule has 1 aliphatic carbocycles. The minimum absolute atomic E-state index is 0.100. The summed E-state index contributed by atoms with van der Waals surface area (Å²) in [5, 5.41) is 10.1. The van der Waals surface area contributed by atoms with Gasteiger partial charge in [-0.1, -0.05) is 45.7 Å². The summed E-state index contributed by atoms with van der Waals surface area (Å²) in [5.41, 5.74) is 2.92. The topological polar surface area (TPSA) is 37.3 Å². The van der Waals surface area contributed by atoms with Crippen LogP contribution < -0.4 is 0 Å². The molecule has 0 fully saturated rings. The highest BCUT2D eigenvalue weighted by Gasteiger charge is 2.42. The van der Waals surface area contributed by atoms with E-state index in [9.17, 15) is 9.90 Å². The molecule has 0 radical (unpaired) electrons. The van der Waals surface area contributed by atoms with Crippen LogP contribution in [0.3, 0.4) is 0 Å². The van der Waals surface area contributed by atoms with Gasteiger partial charge >= 0.3 is 5.97 Å². The molecule has 0 heterocycles. The summed E-state index contributed by atoms with van der Waals surface area (Å²) >= 11 is 9.45. The van der Waals surface area contributed by atoms with Crippen molar-refractivity contribution in [3.8, 4) is 0 Å². The second kappa shape index (κ2) is 5.47. The molecule has 2 nitrogen and oxygen atoms in total. The molecule has 0 unspecified atom stereocenters. The van der Waals surface area contributed by atoms with Crippen LogP contribution >= 0.6 is 27.5 Å². The third kappa shape index (κ3) is 2.60. The van der Waals surface area contributed by atoms with E-state index < -0.39 is 11.4 Å². The van der Waals surface area contributed by atoms with E-state index in [0.29, 0.717) is 5.02 Å². The van der Waals surface area contributed by atoms with Crippen LogP contribution in [-0.4, -0.2) is 11.1 Å². The molecule has 2 aromatic carbocycles. The normalized spacial score (nSPS) is 20.3. The summed E-state index contributed by atoms with van der Waals surface area (Å²) < 4.78 is 1.03. The van der Waals surface area contributed by atoms with Gasteiger partial charge in [-0.05, 0) is 53.8 Å². The molecule has 1 aliphatic rings. The van der Waals surface area contributed by atoms with Gasteiger partial charge < -0.3 is 5.11 Å². The van der Waals surface area contributed by atoms with Crippen LogP contribution in [0.2, 0.25) is 5.02 Å². The van der Waals surface area contributed by atoms with E-state index in [1.54, 1.807) is 0 Å². The van der Waals surface area contributed by atoms with Gasteiger partial charge in [0.05, 0.1) is 6.42 Å². The zero-order valence-corrected chi connectivity index (χ0v) is 13.6. The van der Waals surface area contributed by atoms with Crippen LogP contribution in [0.4, 0.5) is 0 Å². The maximum atomic E-state index is 11.4. The zero-order valence-electron chi connectivity index (χ0n) is 11.3. The van der Waals surface area contributed by atoms with Crippen molar-refractivity contribution >= 4 is 33.5 Å². The first-order chi connectivity index (χ1) is 10.0. The second-order valence-corrected chi connectivity index (χ2v) is 6.81. The van der Waals surface area contributed by atoms with E-state index in [-0.39, 0.29) is 6.42 Å². The number of halogens is 2. The first-order valence-electron chi connectivity index (χ1n) is 6.78. The minimum atomic E-state index is -0.777. The molecule has 3 rings (SSSR count). The highest BCUT2D eigenvalue weighted by atomic mass is 79.9. The fourth-order valence-electron chi connectivity index (χ4n) is 3.33. The fraction of sp³-hybridized carbons (Fsp3) is 0.235. The van der Waals surface area contributed by atoms with E-state index in [1.807, 2.05) is 36.4 Å². The Balaban J connectivity index is 2.17. The fourth-order valence-corrected chi connectivity index (χ4v) is 3.87. The maximum Gasteiger partial charge on any atom is 0.304 e. The van der Waals surface area contributed by atoms with Crippen LogP contribution in [0.25, 0.3) is 0 Å². The summed E-state index contributed by atoms with van der Waals surface area (Å²) in [6.07, 6.45) is 1.81. The molecule has 1 atom stereocenters. The molecule has 0 aliphatic heterocycles. The van der Waals surface area contributed by atoms with Gasteiger partial charge in [0.15, 0.2) is 0 Å². The third-order valence-corrected chi connectivity index (χ3v) is 5.00. The molecule has 2 aromatic rings. The van der Waals surface area contributed by atoms with Crippen molar-refractivity contribution in [3.05, 3.63) is 68.7 Å². The average molecular weight is 366 g/mol. The number of carboxylic acids is 1. The van der Waals surface area contributed by atoms with Crippen molar-refractivity contribution in [2.24, 2.45) is 0 Å². The lowest BCUT2D eigenvalue weighted by Gasteiger charge is -2.29. The number of aliphatic carboxylic acids is 1. The zero-order chi connectivity index (χ0) is 15.0. The van der Waals surface area contributed by atoms with Gasteiger partial charge in [0.1, 0.15) is 0 Å². The molecule has 0 spiro atoms. The molecular weight excluding hydrogens is 352 g/mol. The quantitative estimate of drug-likeness (QED) is 0.847. The van der Waals surface area contributed by atoms with Gasteiger partial charge in [0, 0.05) is 14.9 Å². The number of rotatable bonds is 3. The van der Waals surface area contributed by atoms with Crippen molar-refractivity contribution in [1.82, 2.24) is 0 Å². The van der Waals surface area contributed by atoms with Crippen LogP contribution in [0.15, 0.2) is 46.9 Å². The number of aryl methyl sites for hydroxylation is 1. The Morgan fingerprint density at radius 1 is 1.24 bits per heavy atom. The summed E-state index contributed by atoms with van der Waals surface area (Å²) in [6, 6.07) is 13.7. The Kier molecular flexibility index (Phi) is 3.80. The van der Waals surface area contributed by atoms with Crippen molar-refractivity contribution in [3.63, 3.8) is 0 Å². The van der Waals surface area contributed by atoms with Gasteiger partial charge in [-0.2, -0.15) is 0 Å². The second-order valence-electron chi connectivity index (χ2n) is 5.46. The molecule has 1 N–H and O–H groups in total. The Bertz CT molecular complexity index is 696. The van der Waals surface area contributed by atoms with Crippen LogP contribution in [0.5, 0.6) is 0 Å². The molecule has 0 saturated carbocycles. The maximum absolute atomic E-state index is 11.4. The molecule has 108 valence electrons. The number of carbonyl (C=O) groups is 1. The van der Waals surface area contributed by atoms with Crippen LogP contribution in [-0.2, 0) is 16.6 Å². The van der Waals surface area contributed by atoms with Gasteiger partial charge in [0.25, 0.3) is 0 Å². The van der Waals surface area contributed by atoms with Crippen molar-refractivity contribution < 1.29 is 9.90 Å². The average Bonchev–Trinajstić information content (AvgIpc) is 2.78. The summed E-state index contributed by atoms with van der Waals surface area (Å²) in [4.78, 5) is 11.4. The smallest absolute Gasteiger partial charge is 0.304 e. The van der Waals surface area contributed by atoms with E-state index in [2.05, 4.69) is 22.0 Å². The minimum Gasteiger partial charge on any atom is -0.481 e. The van der Waals surface area contributed by atoms with E-state index >= 15 is 0 Å². The molecule has 4 heteroatoms. The highest BCUT2D eigenvalue weighted by molar-refractivity contribution is 9.10. The molecule has 21 heavy (non-hydrogen) atoms. The number of carboxylic acid groups (broad SMARTS) is 1. The number of hydrogen-bond donors (Lipinski definition) is 1. The van der Waals surface area contributed by atoms with E-state index in [0.717, 1.165) is 28.4 Å². The predicted octanol–water partition coefficient (Wildman–Crippen LogP) is 4.81. The molecule has 0 saturated heterocycles. The number of fused-ring (bicyclic) bond motifs is 1.